The summed E-state index contributed by atoms with van der Waals surface area (Å²) >= 11 is 5.58. The van der Waals surface area contributed by atoms with E-state index >= 15 is 0 Å². The molecule has 5 aromatic heterocycles. The Kier molecular flexibility index (Phi) is 42.1. The molecule has 0 saturated heterocycles. The number of aliphatic hydroxyl groups is 1. The fourth-order valence-electron chi connectivity index (χ4n) is 8.14. The van der Waals surface area contributed by atoms with Crippen molar-refractivity contribution in [2.45, 2.75) is 47.0 Å². The number of amides is 1. The van der Waals surface area contributed by atoms with Crippen molar-refractivity contribution in [3.05, 3.63) is 242 Å². The van der Waals surface area contributed by atoms with E-state index < -0.39 is 59.6 Å². The summed E-state index contributed by atoms with van der Waals surface area (Å²) in [5.74, 6) is -4.38. The zero-order valence-corrected chi connectivity index (χ0v) is 60.2. The average molecular weight is 1550 g/mol. The Labute approximate surface area is 634 Å². The molecule has 5 heterocycles. The van der Waals surface area contributed by atoms with E-state index in [0.717, 1.165) is 51.1 Å². The van der Waals surface area contributed by atoms with E-state index in [1.54, 1.807) is 64.8 Å². The highest BCUT2D eigenvalue weighted by Crippen LogP contribution is 2.19. The van der Waals surface area contributed by atoms with Crippen LogP contribution in [0.1, 0.15) is 148 Å². The monoisotopic (exact) mass is 1550 g/mol. The van der Waals surface area contributed by atoms with Crippen molar-refractivity contribution in [1.82, 2.24) is 49.7 Å². The van der Waals surface area contributed by atoms with E-state index in [0.29, 0.717) is 24.7 Å². The molecule has 0 unspecified atom stereocenters. The SMILES string of the molecule is C.C.COC(=O)c1cc(C(=O)O)nn1Cc1ccc(OC)cc1.COC(=O)c1cc(C(=O)OC)[nH]n1.COC(=O)c1cc(C(=O)OC)n(Cc2ccc(OC)cc2)n1.COC(=O)c1cc(C(N)=O)nn1Cc1ccc(OC)cc1.COc1ccc(CCl)cc1.N#N.O=C(O)c1cc(C(=O)O)[nH]n1.OCc1ccccc1. The first kappa shape index (κ1) is 93.7. The van der Waals surface area contributed by atoms with E-state index in [2.05, 4.69) is 59.4 Å². The third kappa shape index (κ3) is 30.1. The van der Waals surface area contributed by atoms with E-state index in [-0.39, 0.29) is 84.9 Å². The third-order valence-electron chi connectivity index (χ3n) is 13.6. The van der Waals surface area contributed by atoms with Crippen LogP contribution in [0.5, 0.6) is 23.0 Å². The summed E-state index contributed by atoms with van der Waals surface area (Å²) in [4.78, 5) is 111. The molecule has 5 aromatic carbocycles. The molecule has 586 valence electrons. The second kappa shape index (κ2) is 49.4. The summed E-state index contributed by atoms with van der Waals surface area (Å²) in [6.07, 6.45) is 0. The molecule has 0 atom stereocenters. The van der Waals surface area contributed by atoms with Gasteiger partial charge in [0.25, 0.3) is 5.91 Å². The summed E-state index contributed by atoms with van der Waals surface area (Å²) < 4.78 is 51.7. The van der Waals surface area contributed by atoms with Crippen molar-refractivity contribution >= 4 is 71.2 Å². The Hall–Kier alpha value is -14.3. The predicted molar refractivity (Wildman–Crippen MR) is 389 cm³/mol. The lowest BCUT2D eigenvalue weighted by Crippen LogP contribution is -2.14. The largest absolute Gasteiger partial charge is 0.497 e. The quantitative estimate of drug-likeness (QED) is 0.0145. The first-order valence-electron chi connectivity index (χ1n) is 30.5. The number of aromatic nitrogens is 10. The minimum absolute atomic E-state index is 0. The number of alkyl halides is 1. The Morgan fingerprint density at radius 3 is 0.991 bits per heavy atom. The van der Waals surface area contributed by atoms with Crippen LogP contribution in [0, 0.1) is 10.8 Å². The lowest BCUT2D eigenvalue weighted by atomic mass is 10.2. The van der Waals surface area contributed by atoms with Crippen LogP contribution in [0.2, 0.25) is 0 Å². The molecule has 37 nitrogen and oxygen atoms in total. The molecule has 0 aliphatic rings. The van der Waals surface area contributed by atoms with Crippen LogP contribution in [-0.4, -0.2) is 201 Å². The fourth-order valence-corrected chi connectivity index (χ4v) is 8.32. The van der Waals surface area contributed by atoms with E-state index in [4.69, 9.17) is 72.2 Å². The topological polar surface area (TPSA) is 528 Å². The first-order valence-corrected chi connectivity index (χ1v) is 31.1. The minimum Gasteiger partial charge on any atom is -0.497 e. The number of hydrogen-bond acceptors (Lipinski definition) is 28. The number of benzene rings is 5. The van der Waals surface area contributed by atoms with Gasteiger partial charge in [-0.15, -0.1) is 11.6 Å². The molecular formula is C72H82ClN13O24. The third-order valence-corrected chi connectivity index (χ3v) is 13.9. The van der Waals surface area contributed by atoms with Gasteiger partial charge in [-0.1, -0.05) is 93.7 Å². The first-order chi connectivity index (χ1) is 51.8. The van der Waals surface area contributed by atoms with Gasteiger partial charge < -0.3 is 73.5 Å². The second-order valence-corrected chi connectivity index (χ2v) is 20.7. The second-order valence-electron chi connectivity index (χ2n) is 20.4. The van der Waals surface area contributed by atoms with E-state index in [1.165, 1.54) is 81.0 Å². The number of halogens is 1. The number of nitrogens with zero attached hydrogens (tertiary/aromatic N) is 10. The average Bonchev–Trinajstić information content (AvgIpc) is 1.70. The molecule has 38 heteroatoms. The summed E-state index contributed by atoms with van der Waals surface area (Å²) in [7, 11) is 13.9. The lowest BCUT2D eigenvalue weighted by Gasteiger charge is -2.07. The number of primary amides is 1. The number of carbonyl (C=O) groups excluding carboxylic acids is 7. The molecule has 0 aliphatic heterocycles. The number of esters is 6. The van der Waals surface area contributed by atoms with Crippen molar-refractivity contribution < 1.29 is 116 Å². The van der Waals surface area contributed by atoms with Crippen molar-refractivity contribution in [2.24, 2.45) is 5.73 Å². The van der Waals surface area contributed by atoms with Crippen LogP contribution in [-0.2, 0) is 60.5 Å². The predicted octanol–water partition coefficient (Wildman–Crippen LogP) is 8.47. The maximum Gasteiger partial charge on any atom is 0.358 e. The van der Waals surface area contributed by atoms with Crippen molar-refractivity contribution in [3.8, 4) is 23.0 Å². The van der Waals surface area contributed by atoms with Gasteiger partial charge in [-0.05, 0) is 76.3 Å². The molecule has 10 aromatic rings. The van der Waals surface area contributed by atoms with Gasteiger partial charge in [0, 0.05) is 47.0 Å². The van der Waals surface area contributed by atoms with Crippen LogP contribution >= 0.6 is 11.6 Å². The summed E-state index contributed by atoms with van der Waals surface area (Å²) in [6, 6.07) is 45.0. The number of hydrogen-bond donors (Lipinski definition) is 7. The molecule has 110 heavy (non-hydrogen) atoms. The highest BCUT2D eigenvalue weighted by atomic mass is 35.5. The zero-order valence-electron chi connectivity index (χ0n) is 59.4. The van der Waals surface area contributed by atoms with Gasteiger partial charge in [0.2, 0.25) is 0 Å². The summed E-state index contributed by atoms with van der Waals surface area (Å²) in [6.45, 7) is 1.01. The van der Waals surface area contributed by atoms with Crippen molar-refractivity contribution in [1.29, 1.82) is 10.8 Å². The number of carboxylic acids is 3. The van der Waals surface area contributed by atoms with Crippen LogP contribution in [0.15, 0.2) is 158 Å². The van der Waals surface area contributed by atoms with Gasteiger partial charge in [0.05, 0.1) is 97.3 Å². The smallest absolute Gasteiger partial charge is 0.358 e. The normalized spacial score (nSPS) is 9.51. The number of aliphatic hydroxyl groups excluding tert-OH is 1. The molecule has 0 saturated carbocycles. The van der Waals surface area contributed by atoms with Crippen LogP contribution in [0.4, 0.5) is 0 Å². The molecule has 0 bridgehead atoms. The summed E-state index contributed by atoms with van der Waals surface area (Å²) in [5, 5.41) is 69.3. The van der Waals surface area contributed by atoms with E-state index in [9.17, 15) is 47.9 Å². The number of aromatic amines is 2. The van der Waals surface area contributed by atoms with Crippen molar-refractivity contribution in [2.75, 3.05) is 71.1 Å². The molecule has 1 amide bonds. The number of rotatable bonds is 22. The molecule has 0 spiro atoms. The highest BCUT2D eigenvalue weighted by molar-refractivity contribution is 6.17. The van der Waals surface area contributed by atoms with Crippen LogP contribution < -0.4 is 24.7 Å². The molecule has 0 fully saturated rings. The number of carboxylic acid groups (broad SMARTS) is 3. The minimum atomic E-state index is -1.26. The van der Waals surface area contributed by atoms with Gasteiger partial charge in [-0.3, -0.25) is 29.0 Å². The standard InChI is InChI=1S/C15H16N2O5.C14H15N3O4.C14H14N2O5.C8H9ClO.C7H8N2O4.C7H8O.C5H4N2O4.2CH4.N2/c1-20-11-6-4-10(5-7-11)9-17-13(15(19)22-3)8-12(16-17)14(18)21-2;1-20-10-5-3-9(4-6-10)8-17-12(14(19)21-2)7-11(16-17)13(15)18;1-20-10-5-3-9(4-6-10)8-16-12(14(19)21-2)7-11(15-16)13(17)18;1-10-8-4-2-7(6-9)3-5-8;1-12-6(10)4-3-5(9-8-4)7(11)13-2;8-6-7-4-2-1-3-5-7;8-4(9)2-1-3(5(10)11)7-6-2;;;1-2/h4-8H,9H2,1-3H3;3-7H,8H2,1-2H3,(H2,15,18);3-7H,8H2,1-2H3,(H,17,18);2-5H,6H2,1H3;3H,1-2H3,(H,8,9);1-5,8H,6H2;1H,(H,6,7)(H,8,9)(H,10,11);2*1H4;. The van der Waals surface area contributed by atoms with Crippen LogP contribution in [0.25, 0.3) is 0 Å². The van der Waals surface area contributed by atoms with Gasteiger partial charge in [0.15, 0.2) is 28.5 Å². The number of nitrogens with two attached hydrogens (primary N) is 1. The Bertz CT molecular complexity index is 4370. The number of methoxy groups -OCH3 is 10. The van der Waals surface area contributed by atoms with Gasteiger partial charge in [-0.25, -0.2) is 43.2 Å². The Morgan fingerprint density at radius 2 is 0.691 bits per heavy atom. The lowest BCUT2D eigenvalue weighted by molar-refractivity contribution is 0.0578. The number of ether oxygens (including phenoxy) is 10. The molecule has 0 radical (unpaired) electrons. The maximum atomic E-state index is 11.8. The fraction of sp³-hybridized carbons (Fsp3) is 0.236. The molecule has 10 rings (SSSR count). The van der Waals surface area contributed by atoms with Gasteiger partial charge >= 0.3 is 53.7 Å². The molecule has 8 N–H and O–H groups in total. The maximum absolute atomic E-state index is 11.8. The van der Waals surface area contributed by atoms with Crippen LogP contribution in [0.3, 0.4) is 0 Å². The van der Waals surface area contributed by atoms with Crippen molar-refractivity contribution in [3.63, 3.8) is 0 Å². The summed E-state index contributed by atoms with van der Waals surface area (Å²) in [5.41, 5.74) is 9.82. The number of H-pyrrole nitrogens is 2. The number of aromatic carboxylic acids is 3. The van der Waals surface area contributed by atoms with E-state index in [1.807, 2.05) is 91.0 Å². The highest BCUT2D eigenvalue weighted by Gasteiger charge is 2.23. The number of carbonyl (C=O) groups is 10. The Morgan fingerprint density at radius 1 is 0.382 bits per heavy atom. The zero-order chi connectivity index (χ0) is 80.4. The van der Waals surface area contributed by atoms with Gasteiger partial charge in [0.1, 0.15) is 51.5 Å². The molecule has 0 aliphatic carbocycles. The Balaban J connectivity index is 0.000000654. The van der Waals surface area contributed by atoms with Gasteiger partial charge in [-0.2, -0.15) is 25.5 Å². The number of nitrogens with one attached hydrogen (secondary N) is 2. The molecular weight excluding hydrogens is 1470 g/mol.